The van der Waals surface area contributed by atoms with Gasteiger partial charge in [0.25, 0.3) is 0 Å². The van der Waals surface area contributed by atoms with Crippen molar-refractivity contribution in [2.75, 3.05) is 33.8 Å². The Morgan fingerprint density at radius 2 is 1.83 bits per heavy atom. The second-order valence-electron chi connectivity index (χ2n) is 6.68. The number of likely N-dealkylation sites (N-methyl/N-ethyl adjacent to an activating group) is 2. The molecular weight excluding hydrogens is 312 g/mol. The molecule has 1 amide bonds. The fourth-order valence-electron chi connectivity index (χ4n) is 2.21. The van der Waals surface area contributed by atoms with Gasteiger partial charge in [-0.2, -0.15) is 0 Å². The van der Waals surface area contributed by atoms with E-state index < -0.39 is 5.41 Å². The zero-order valence-corrected chi connectivity index (χ0v) is 16.0. The smallest absolute Gasteiger partial charge is 0.232 e. The van der Waals surface area contributed by atoms with Crippen molar-refractivity contribution in [1.29, 1.82) is 0 Å². The summed E-state index contributed by atoms with van der Waals surface area (Å²) in [6, 6.07) is 7.86. The van der Waals surface area contributed by atoms with Crippen molar-refractivity contribution < 1.29 is 9.53 Å². The summed E-state index contributed by atoms with van der Waals surface area (Å²) in [5.41, 5.74) is 0.463. The van der Waals surface area contributed by atoms with Crippen molar-refractivity contribution in [3.05, 3.63) is 29.8 Å². The van der Waals surface area contributed by atoms with E-state index in [1.165, 1.54) is 0 Å². The maximum absolute atomic E-state index is 12.6. The Bertz CT molecular complexity index is 472. The molecule has 0 saturated heterocycles. The molecule has 0 spiro atoms. The number of halogens is 1. The number of ether oxygens (including phenoxy) is 1. The minimum Gasteiger partial charge on any atom is -0.493 e. The largest absolute Gasteiger partial charge is 0.493 e. The first kappa shape index (κ1) is 21.7. The first-order valence-electron chi connectivity index (χ1n) is 7.92. The molecule has 132 valence electrons. The zero-order valence-electron chi connectivity index (χ0n) is 15.2. The Kier molecular flexibility index (Phi) is 9.25. The number of carbonyl (C=O) groups is 1. The molecule has 0 radical (unpaired) electrons. The van der Waals surface area contributed by atoms with E-state index in [9.17, 15) is 4.79 Å². The van der Waals surface area contributed by atoms with Gasteiger partial charge in [0.2, 0.25) is 5.91 Å². The van der Waals surface area contributed by atoms with Crippen LogP contribution in [0.3, 0.4) is 0 Å². The Hall–Kier alpha value is -1.26. The van der Waals surface area contributed by atoms with Gasteiger partial charge in [0.1, 0.15) is 5.75 Å². The maximum Gasteiger partial charge on any atom is 0.232 e. The van der Waals surface area contributed by atoms with Gasteiger partial charge >= 0.3 is 0 Å². The molecule has 1 aromatic rings. The number of amides is 1. The monoisotopic (exact) mass is 342 g/mol. The van der Waals surface area contributed by atoms with E-state index in [1.807, 2.05) is 52.2 Å². The molecule has 5 heteroatoms. The average Bonchev–Trinajstić information content (AvgIpc) is 2.50. The molecular formula is C18H31ClN2O2. The first-order valence-corrected chi connectivity index (χ1v) is 7.92. The zero-order chi connectivity index (χ0) is 16.8. The van der Waals surface area contributed by atoms with Gasteiger partial charge in [-0.05, 0) is 44.5 Å². The third kappa shape index (κ3) is 6.40. The molecule has 4 nitrogen and oxygen atoms in total. The highest BCUT2D eigenvalue weighted by Crippen LogP contribution is 2.27. The number of nitrogens with one attached hydrogen (secondary N) is 1. The summed E-state index contributed by atoms with van der Waals surface area (Å²) >= 11 is 0. The summed E-state index contributed by atoms with van der Waals surface area (Å²) in [5.74, 6) is 1.47. The van der Waals surface area contributed by atoms with Gasteiger partial charge in [0.15, 0.2) is 0 Å². The van der Waals surface area contributed by atoms with Gasteiger partial charge < -0.3 is 15.0 Å². The van der Waals surface area contributed by atoms with Gasteiger partial charge in [-0.3, -0.25) is 4.79 Å². The molecule has 0 heterocycles. The van der Waals surface area contributed by atoms with Crippen LogP contribution in [0.4, 0.5) is 0 Å². The lowest BCUT2D eigenvalue weighted by molar-refractivity contribution is -0.134. The lowest BCUT2D eigenvalue weighted by atomic mass is 9.83. The van der Waals surface area contributed by atoms with Crippen LogP contribution in [0.25, 0.3) is 0 Å². The predicted molar refractivity (Wildman–Crippen MR) is 98.6 cm³/mol. The SMILES string of the molecule is CNCCN(C)C(=O)C(C)(C)c1ccc(OCC(C)C)cc1.Cl. The molecule has 0 aromatic heterocycles. The van der Waals surface area contributed by atoms with Crippen LogP contribution in [0, 0.1) is 5.92 Å². The molecule has 0 aliphatic heterocycles. The summed E-state index contributed by atoms with van der Waals surface area (Å²) in [5, 5.41) is 3.06. The van der Waals surface area contributed by atoms with Crippen LogP contribution in [0.2, 0.25) is 0 Å². The summed E-state index contributed by atoms with van der Waals surface area (Å²) in [7, 11) is 3.74. The standard InChI is InChI=1S/C18H30N2O2.ClH/c1-14(2)13-22-16-9-7-15(8-10-16)18(3,4)17(21)20(6)12-11-19-5;/h7-10,14,19H,11-13H2,1-6H3;1H. The van der Waals surface area contributed by atoms with E-state index in [2.05, 4.69) is 19.2 Å². The second kappa shape index (κ2) is 9.78. The van der Waals surface area contributed by atoms with E-state index in [0.29, 0.717) is 19.1 Å². The molecule has 0 saturated carbocycles. The van der Waals surface area contributed by atoms with E-state index >= 15 is 0 Å². The van der Waals surface area contributed by atoms with E-state index in [1.54, 1.807) is 4.90 Å². The second-order valence-corrected chi connectivity index (χ2v) is 6.68. The summed E-state index contributed by atoms with van der Waals surface area (Å²) in [6.45, 7) is 10.4. The predicted octanol–water partition coefficient (Wildman–Crippen LogP) is 3.10. The summed E-state index contributed by atoms with van der Waals surface area (Å²) in [6.07, 6.45) is 0. The Labute approximate surface area is 147 Å². The van der Waals surface area contributed by atoms with E-state index in [0.717, 1.165) is 17.9 Å². The van der Waals surface area contributed by atoms with Crippen LogP contribution in [-0.2, 0) is 10.2 Å². The van der Waals surface area contributed by atoms with Crippen LogP contribution < -0.4 is 10.1 Å². The van der Waals surface area contributed by atoms with Gasteiger partial charge in [-0.1, -0.05) is 26.0 Å². The number of rotatable bonds is 8. The highest BCUT2D eigenvalue weighted by molar-refractivity contribution is 5.87. The fourth-order valence-corrected chi connectivity index (χ4v) is 2.21. The van der Waals surface area contributed by atoms with Crippen molar-refractivity contribution in [2.45, 2.75) is 33.1 Å². The highest BCUT2D eigenvalue weighted by atomic mass is 35.5. The number of hydrogen-bond acceptors (Lipinski definition) is 3. The Morgan fingerprint density at radius 1 is 1.26 bits per heavy atom. The highest BCUT2D eigenvalue weighted by Gasteiger charge is 2.32. The number of benzene rings is 1. The minimum atomic E-state index is -0.543. The third-order valence-electron chi connectivity index (χ3n) is 3.74. The summed E-state index contributed by atoms with van der Waals surface area (Å²) < 4.78 is 5.69. The molecule has 1 rings (SSSR count). The lowest BCUT2D eigenvalue weighted by Gasteiger charge is -2.30. The van der Waals surface area contributed by atoms with Crippen LogP contribution in [0.15, 0.2) is 24.3 Å². The van der Waals surface area contributed by atoms with Crippen molar-refractivity contribution in [3.63, 3.8) is 0 Å². The van der Waals surface area contributed by atoms with Crippen molar-refractivity contribution in [1.82, 2.24) is 10.2 Å². The third-order valence-corrected chi connectivity index (χ3v) is 3.74. The van der Waals surface area contributed by atoms with Crippen LogP contribution in [-0.4, -0.2) is 44.6 Å². The van der Waals surface area contributed by atoms with E-state index in [-0.39, 0.29) is 18.3 Å². The first-order chi connectivity index (χ1) is 10.3. The number of hydrogen-bond donors (Lipinski definition) is 1. The fraction of sp³-hybridized carbons (Fsp3) is 0.611. The molecule has 0 atom stereocenters. The number of nitrogens with zero attached hydrogens (tertiary/aromatic N) is 1. The molecule has 0 aliphatic rings. The van der Waals surface area contributed by atoms with Crippen LogP contribution >= 0.6 is 12.4 Å². The van der Waals surface area contributed by atoms with Gasteiger partial charge in [0, 0.05) is 20.1 Å². The normalized spacial score (nSPS) is 11.1. The molecule has 0 bridgehead atoms. The maximum atomic E-state index is 12.6. The number of carbonyl (C=O) groups excluding carboxylic acids is 1. The van der Waals surface area contributed by atoms with Gasteiger partial charge in [-0.25, -0.2) is 0 Å². The lowest BCUT2D eigenvalue weighted by Crippen LogP contribution is -2.43. The quantitative estimate of drug-likeness (QED) is 0.789. The molecule has 0 aliphatic carbocycles. The van der Waals surface area contributed by atoms with Crippen molar-refractivity contribution >= 4 is 18.3 Å². The van der Waals surface area contributed by atoms with Crippen molar-refractivity contribution in [3.8, 4) is 5.75 Å². The van der Waals surface area contributed by atoms with Crippen molar-refractivity contribution in [2.24, 2.45) is 5.92 Å². The van der Waals surface area contributed by atoms with Crippen LogP contribution in [0.5, 0.6) is 5.75 Å². The Balaban J connectivity index is 0.00000484. The van der Waals surface area contributed by atoms with E-state index in [4.69, 9.17) is 4.74 Å². The van der Waals surface area contributed by atoms with Gasteiger partial charge in [0.05, 0.1) is 12.0 Å². The molecule has 0 unspecified atom stereocenters. The van der Waals surface area contributed by atoms with Gasteiger partial charge in [-0.15, -0.1) is 12.4 Å². The topological polar surface area (TPSA) is 41.6 Å². The molecule has 23 heavy (non-hydrogen) atoms. The molecule has 1 N–H and O–H groups in total. The average molecular weight is 343 g/mol. The molecule has 1 aromatic carbocycles. The summed E-state index contributed by atoms with van der Waals surface area (Å²) in [4.78, 5) is 14.4. The minimum absolute atomic E-state index is 0. The Morgan fingerprint density at radius 3 is 2.30 bits per heavy atom. The molecule has 0 fully saturated rings. The van der Waals surface area contributed by atoms with Crippen LogP contribution in [0.1, 0.15) is 33.3 Å².